The third-order valence-corrected chi connectivity index (χ3v) is 4.30. The van der Waals surface area contributed by atoms with Crippen molar-refractivity contribution in [1.82, 2.24) is 0 Å². The molecule has 0 saturated heterocycles. The SMILES string of the molecule is CC[C@@H](O)[C@@H](O)[C@@H](C)COC1CC(CO)C(O)C(O)C1O. The second-order valence-electron chi connectivity index (χ2n) is 5.97. The summed E-state index contributed by atoms with van der Waals surface area (Å²) in [5.74, 6) is -0.904. The lowest BCUT2D eigenvalue weighted by atomic mass is 9.81. The van der Waals surface area contributed by atoms with Gasteiger partial charge < -0.3 is 35.4 Å². The average Bonchev–Trinajstić information content (AvgIpc) is 2.50. The number of hydrogen-bond donors (Lipinski definition) is 6. The monoisotopic (exact) mass is 308 g/mol. The smallest absolute Gasteiger partial charge is 0.109 e. The molecule has 1 fully saturated rings. The molecule has 1 rings (SSSR count). The number of rotatable bonds is 7. The van der Waals surface area contributed by atoms with E-state index < -0.39 is 42.5 Å². The van der Waals surface area contributed by atoms with Gasteiger partial charge in [0.1, 0.15) is 12.2 Å². The maximum absolute atomic E-state index is 9.90. The first-order valence-corrected chi connectivity index (χ1v) is 7.46. The quantitative estimate of drug-likeness (QED) is 0.328. The van der Waals surface area contributed by atoms with Crippen LogP contribution in [0.3, 0.4) is 0 Å². The van der Waals surface area contributed by atoms with Crippen molar-refractivity contribution in [2.45, 2.75) is 63.3 Å². The highest BCUT2D eigenvalue weighted by atomic mass is 16.5. The predicted molar refractivity (Wildman–Crippen MR) is 74.4 cm³/mol. The molecule has 0 aliphatic heterocycles. The Bertz CT molecular complexity index is 299. The molecule has 0 bridgehead atoms. The van der Waals surface area contributed by atoms with Crippen molar-refractivity contribution in [1.29, 1.82) is 0 Å². The molecule has 1 aliphatic rings. The van der Waals surface area contributed by atoms with Gasteiger partial charge in [0, 0.05) is 18.4 Å². The van der Waals surface area contributed by atoms with E-state index in [1.807, 2.05) is 0 Å². The molecule has 1 aliphatic carbocycles. The van der Waals surface area contributed by atoms with Crippen LogP contribution >= 0.6 is 0 Å². The molecule has 0 spiro atoms. The molecule has 0 aromatic carbocycles. The second-order valence-corrected chi connectivity index (χ2v) is 5.97. The van der Waals surface area contributed by atoms with Gasteiger partial charge in [0.05, 0.1) is 31.0 Å². The molecular formula is C14H28O7. The van der Waals surface area contributed by atoms with Crippen molar-refractivity contribution >= 4 is 0 Å². The maximum atomic E-state index is 9.90. The minimum Gasteiger partial charge on any atom is -0.396 e. The first-order valence-electron chi connectivity index (χ1n) is 7.46. The van der Waals surface area contributed by atoms with E-state index in [0.29, 0.717) is 6.42 Å². The van der Waals surface area contributed by atoms with E-state index in [9.17, 15) is 30.6 Å². The van der Waals surface area contributed by atoms with Gasteiger partial charge in [0.25, 0.3) is 0 Å². The Kier molecular flexibility index (Phi) is 7.49. The highest BCUT2D eigenvalue weighted by Gasteiger charge is 2.43. The first-order chi connectivity index (χ1) is 9.83. The molecule has 7 heteroatoms. The van der Waals surface area contributed by atoms with Gasteiger partial charge in [0.15, 0.2) is 0 Å². The third-order valence-electron chi connectivity index (χ3n) is 4.30. The second kappa shape index (κ2) is 8.38. The molecule has 21 heavy (non-hydrogen) atoms. The van der Waals surface area contributed by atoms with E-state index in [0.717, 1.165) is 0 Å². The third kappa shape index (κ3) is 4.59. The minimum absolute atomic E-state index is 0.0981. The van der Waals surface area contributed by atoms with Crippen LogP contribution in [0.4, 0.5) is 0 Å². The van der Waals surface area contributed by atoms with Crippen molar-refractivity contribution < 1.29 is 35.4 Å². The van der Waals surface area contributed by atoms with Crippen LogP contribution in [0.1, 0.15) is 26.7 Å². The molecule has 6 N–H and O–H groups in total. The van der Waals surface area contributed by atoms with Gasteiger partial charge in [-0.1, -0.05) is 13.8 Å². The molecule has 0 heterocycles. The first kappa shape index (κ1) is 18.8. The zero-order valence-electron chi connectivity index (χ0n) is 12.5. The van der Waals surface area contributed by atoms with Gasteiger partial charge in [0.2, 0.25) is 0 Å². The Morgan fingerprint density at radius 3 is 2.24 bits per heavy atom. The summed E-state index contributed by atoms with van der Waals surface area (Å²) >= 11 is 0. The maximum Gasteiger partial charge on any atom is 0.109 e. The normalized spacial score (nSPS) is 38.0. The highest BCUT2D eigenvalue weighted by Crippen LogP contribution is 2.28. The van der Waals surface area contributed by atoms with Crippen molar-refractivity contribution in [3.63, 3.8) is 0 Å². The fourth-order valence-corrected chi connectivity index (χ4v) is 2.62. The van der Waals surface area contributed by atoms with Crippen molar-refractivity contribution in [2.24, 2.45) is 11.8 Å². The summed E-state index contributed by atoms with van der Waals surface area (Å²) in [7, 11) is 0. The molecule has 5 unspecified atom stereocenters. The molecule has 0 aromatic heterocycles. The van der Waals surface area contributed by atoms with Crippen LogP contribution in [0.2, 0.25) is 0 Å². The highest BCUT2D eigenvalue weighted by molar-refractivity contribution is 4.93. The van der Waals surface area contributed by atoms with E-state index in [1.54, 1.807) is 13.8 Å². The molecule has 0 amide bonds. The molecule has 126 valence electrons. The van der Waals surface area contributed by atoms with E-state index in [1.165, 1.54) is 0 Å². The standard InChI is InChI=1S/C14H28O7/c1-3-9(16)11(17)7(2)6-21-10-4-8(5-15)12(18)14(20)13(10)19/h7-20H,3-6H2,1-2H3/t7-,8?,9+,10?,11-,12?,13?,14?/m0/s1. The van der Waals surface area contributed by atoms with Crippen molar-refractivity contribution in [3.8, 4) is 0 Å². The lowest BCUT2D eigenvalue weighted by molar-refractivity contribution is -0.184. The minimum atomic E-state index is -1.37. The molecule has 1 saturated carbocycles. The van der Waals surface area contributed by atoms with Crippen LogP contribution in [0.15, 0.2) is 0 Å². The van der Waals surface area contributed by atoms with Crippen LogP contribution in [0.5, 0.6) is 0 Å². The Morgan fingerprint density at radius 1 is 1.10 bits per heavy atom. The van der Waals surface area contributed by atoms with Crippen LogP contribution in [-0.2, 0) is 4.74 Å². The number of ether oxygens (including phenoxy) is 1. The van der Waals surface area contributed by atoms with E-state index in [4.69, 9.17) is 4.74 Å². The van der Waals surface area contributed by atoms with E-state index >= 15 is 0 Å². The van der Waals surface area contributed by atoms with Gasteiger partial charge in [-0.05, 0) is 12.8 Å². The summed E-state index contributed by atoms with van der Waals surface area (Å²) in [6.07, 6.45) is -5.66. The molecular weight excluding hydrogens is 280 g/mol. The predicted octanol–water partition coefficient (Wildman–Crippen LogP) is -1.77. The summed E-state index contributed by atoms with van der Waals surface area (Å²) in [5.41, 5.74) is 0. The van der Waals surface area contributed by atoms with Gasteiger partial charge >= 0.3 is 0 Å². The molecule has 0 aromatic rings. The van der Waals surface area contributed by atoms with Crippen molar-refractivity contribution in [3.05, 3.63) is 0 Å². The van der Waals surface area contributed by atoms with Crippen LogP contribution in [-0.4, -0.2) is 80.5 Å². The summed E-state index contributed by atoms with van der Waals surface area (Å²) in [5, 5.41) is 57.9. The Hall–Kier alpha value is -0.280. The Morgan fingerprint density at radius 2 is 1.71 bits per heavy atom. The van der Waals surface area contributed by atoms with Crippen LogP contribution in [0, 0.1) is 11.8 Å². The summed E-state index contributed by atoms with van der Waals surface area (Å²) in [6, 6.07) is 0. The fraction of sp³-hybridized carbons (Fsp3) is 1.00. The molecule has 0 radical (unpaired) electrons. The lowest BCUT2D eigenvalue weighted by Gasteiger charge is -2.40. The largest absolute Gasteiger partial charge is 0.396 e. The summed E-state index contributed by atoms with van der Waals surface area (Å²) in [6.45, 7) is 3.27. The zero-order valence-corrected chi connectivity index (χ0v) is 12.5. The zero-order chi connectivity index (χ0) is 16.2. The Balaban J connectivity index is 2.53. The number of hydrogen-bond acceptors (Lipinski definition) is 7. The fourth-order valence-electron chi connectivity index (χ4n) is 2.62. The molecule has 7 nitrogen and oxygen atoms in total. The number of aliphatic hydroxyl groups is 6. The van der Waals surface area contributed by atoms with E-state index in [-0.39, 0.29) is 25.6 Å². The van der Waals surface area contributed by atoms with E-state index in [2.05, 4.69) is 0 Å². The summed E-state index contributed by atoms with van der Waals surface area (Å²) in [4.78, 5) is 0. The molecule has 8 atom stereocenters. The topological polar surface area (TPSA) is 131 Å². The lowest BCUT2D eigenvalue weighted by Crippen LogP contribution is -2.55. The van der Waals surface area contributed by atoms with Crippen LogP contribution < -0.4 is 0 Å². The van der Waals surface area contributed by atoms with Gasteiger partial charge in [-0.2, -0.15) is 0 Å². The van der Waals surface area contributed by atoms with Crippen LogP contribution in [0.25, 0.3) is 0 Å². The van der Waals surface area contributed by atoms with Gasteiger partial charge in [-0.25, -0.2) is 0 Å². The van der Waals surface area contributed by atoms with Crippen molar-refractivity contribution in [2.75, 3.05) is 13.2 Å². The van der Waals surface area contributed by atoms with Gasteiger partial charge in [-0.3, -0.25) is 0 Å². The average molecular weight is 308 g/mol. The number of aliphatic hydroxyl groups excluding tert-OH is 6. The summed E-state index contributed by atoms with van der Waals surface area (Å²) < 4.78 is 5.52. The Labute approximate surface area is 124 Å². The van der Waals surface area contributed by atoms with Gasteiger partial charge in [-0.15, -0.1) is 0 Å².